The molecule has 1 aromatic heterocycles. The molecule has 1 fully saturated rings. The highest BCUT2D eigenvalue weighted by molar-refractivity contribution is 6.09. The van der Waals surface area contributed by atoms with Gasteiger partial charge in [0.2, 0.25) is 0 Å². The lowest BCUT2D eigenvalue weighted by molar-refractivity contribution is 0.102. The number of nitrogens with one attached hydrogen (secondary N) is 1. The number of benzene rings is 2. The predicted molar refractivity (Wildman–Crippen MR) is 99.7 cm³/mol. The van der Waals surface area contributed by atoms with Crippen LogP contribution in [0.15, 0.2) is 53.1 Å². The molecule has 2 heterocycles. The van der Waals surface area contributed by atoms with Crippen LogP contribution in [0.25, 0.3) is 11.3 Å². The Bertz CT molecular complexity index is 1050. The molecule has 0 bridgehead atoms. The third-order valence-electron chi connectivity index (χ3n) is 4.41. The second-order valence-corrected chi connectivity index (χ2v) is 6.21. The van der Waals surface area contributed by atoms with Gasteiger partial charge in [0.15, 0.2) is 0 Å². The van der Waals surface area contributed by atoms with Crippen molar-refractivity contribution in [1.29, 1.82) is 0 Å². The zero-order valence-corrected chi connectivity index (χ0v) is 14.9. The highest BCUT2D eigenvalue weighted by Crippen LogP contribution is 2.28. The van der Waals surface area contributed by atoms with Crippen molar-refractivity contribution in [3.05, 3.63) is 65.7 Å². The molecule has 3 aromatic rings. The largest absolute Gasteiger partial charge is 0.447 e. The first-order valence-corrected chi connectivity index (χ1v) is 8.61. The van der Waals surface area contributed by atoms with Crippen LogP contribution in [0, 0.1) is 12.7 Å². The van der Waals surface area contributed by atoms with Crippen molar-refractivity contribution in [1.82, 2.24) is 5.16 Å². The zero-order valence-electron chi connectivity index (χ0n) is 14.9. The molecule has 0 radical (unpaired) electrons. The minimum atomic E-state index is -0.625. The van der Waals surface area contributed by atoms with Crippen molar-refractivity contribution < 1.29 is 23.2 Å². The minimum absolute atomic E-state index is 0.0539. The fourth-order valence-corrected chi connectivity index (χ4v) is 3.02. The number of carbonyl (C=O) groups excluding carboxylic acids is 2. The van der Waals surface area contributed by atoms with Crippen LogP contribution in [-0.2, 0) is 4.74 Å². The number of aromatic nitrogens is 1. The van der Waals surface area contributed by atoms with Gasteiger partial charge >= 0.3 is 6.09 Å². The number of hydrogen-bond acceptors (Lipinski definition) is 5. The summed E-state index contributed by atoms with van der Waals surface area (Å²) in [6, 6.07) is 13.1. The average molecular weight is 381 g/mol. The van der Waals surface area contributed by atoms with Crippen LogP contribution in [0.1, 0.15) is 16.1 Å². The first-order chi connectivity index (χ1) is 13.5. The number of halogens is 1. The normalized spacial score (nSPS) is 13.5. The fraction of sp³-hybridized carbons (Fsp3) is 0.150. The predicted octanol–water partition coefficient (Wildman–Crippen LogP) is 4.00. The molecule has 4 rings (SSSR count). The van der Waals surface area contributed by atoms with Gasteiger partial charge in [0.05, 0.1) is 12.2 Å². The molecule has 1 aliphatic rings. The summed E-state index contributed by atoms with van der Waals surface area (Å²) in [5.74, 6) is -0.867. The Morgan fingerprint density at radius 3 is 2.71 bits per heavy atom. The molecule has 1 saturated heterocycles. The Kier molecular flexibility index (Phi) is 4.52. The molecule has 1 N–H and O–H groups in total. The lowest BCUT2D eigenvalue weighted by Crippen LogP contribution is -2.23. The Hall–Kier alpha value is -3.68. The van der Waals surface area contributed by atoms with Gasteiger partial charge in [0.1, 0.15) is 29.4 Å². The van der Waals surface area contributed by atoms with Gasteiger partial charge in [-0.1, -0.05) is 35.5 Å². The van der Waals surface area contributed by atoms with Gasteiger partial charge < -0.3 is 14.6 Å². The number of rotatable bonds is 4. The van der Waals surface area contributed by atoms with Crippen molar-refractivity contribution in [3.63, 3.8) is 0 Å². The van der Waals surface area contributed by atoms with E-state index >= 15 is 0 Å². The summed E-state index contributed by atoms with van der Waals surface area (Å²) in [5, 5.41) is 6.51. The summed E-state index contributed by atoms with van der Waals surface area (Å²) in [7, 11) is 0. The van der Waals surface area contributed by atoms with Gasteiger partial charge in [-0.15, -0.1) is 0 Å². The second-order valence-electron chi connectivity index (χ2n) is 6.21. The maximum absolute atomic E-state index is 14.3. The maximum atomic E-state index is 14.3. The third-order valence-corrected chi connectivity index (χ3v) is 4.41. The van der Waals surface area contributed by atoms with E-state index < -0.39 is 17.8 Å². The van der Waals surface area contributed by atoms with Gasteiger partial charge in [-0.3, -0.25) is 9.69 Å². The molecule has 0 unspecified atom stereocenters. The van der Waals surface area contributed by atoms with Crippen LogP contribution in [0.2, 0.25) is 0 Å². The van der Waals surface area contributed by atoms with E-state index in [9.17, 15) is 14.0 Å². The van der Waals surface area contributed by atoms with Crippen LogP contribution < -0.4 is 10.2 Å². The quantitative estimate of drug-likeness (QED) is 0.738. The van der Waals surface area contributed by atoms with E-state index in [1.165, 1.54) is 23.1 Å². The summed E-state index contributed by atoms with van der Waals surface area (Å²) in [4.78, 5) is 26.0. The van der Waals surface area contributed by atoms with Crippen LogP contribution in [0.4, 0.5) is 20.6 Å². The van der Waals surface area contributed by atoms with Crippen LogP contribution in [-0.4, -0.2) is 30.3 Å². The first kappa shape index (κ1) is 17.7. The van der Waals surface area contributed by atoms with Crippen molar-refractivity contribution >= 4 is 23.4 Å². The third kappa shape index (κ3) is 3.20. The van der Waals surface area contributed by atoms with E-state index in [0.29, 0.717) is 29.2 Å². The summed E-state index contributed by atoms with van der Waals surface area (Å²) in [5.41, 5.74) is 1.68. The summed E-state index contributed by atoms with van der Waals surface area (Å²) in [6.07, 6.45) is -0.509. The Labute approximate surface area is 159 Å². The number of hydrogen-bond donors (Lipinski definition) is 1. The van der Waals surface area contributed by atoms with Crippen molar-refractivity contribution in [2.75, 3.05) is 23.4 Å². The number of anilines is 2. The average Bonchev–Trinajstić information content (AvgIpc) is 3.30. The highest BCUT2D eigenvalue weighted by Gasteiger charge is 2.26. The number of ether oxygens (including phenoxy) is 1. The first-order valence-electron chi connectivity index (χ1n) is 8.61. The molecule has 1 aliphatic heterocycles. The van der Waals surface area contributed by atoms with Gasteiger partial charge in [-0.05, 0) is 25.1 Å². The number of amides is 2. The lowest BCUT2D eigenvalue weighted by Gasteiger charge is -2.15. The number of carbonyl (C=O) groups is 2. The second kappa shape index (κ2) is 7.15. The Morgan fingerprint density at radius 1 is 1.21 bits per heavy atom. The molecule has 8 heteroatoms. The molecule has 2 aromatic carbocycles. The zero-order chi connectivity index (χ0) is 19.7. The molecular weight excluding hydrogens is 365 g/mol. The summed E-state index contributed by atoms with van der Waals surface area (Å²) in [6.45, 7) is 2.24. The van der Waals surface area contributed by atoms with E-state index in [4.69, 9.17) is 9.26 Å². The summed E-state index contributed by atoms with van der Waals surface area (Å²) >= 11 is 0. The number of nitrogens with zero attached hydrogens (tertiary/aromatic N) is 2. The van der Waals surface area contributed by atoms with Gasteiger partial charge in [-0.2, -0.15) is 0 Å². The van der Waals surface area contributed by atoms with Crippen molar-refractivity contribution in [3.8, 4) is 11.3 Å². The van der Waals surface area contributed by atoms with Gasteiger partial charge in [0, 0.05) is 11.3 Å². The number of cyclic esters (lactones) is 1. The van der Waals surface area contributed by atoms with E-state index in [2.05, 4.69) is 10.5 Å². The number of aryl methyl sites for hydroxylation is 1. The van der Waals surface area contributed by atoms with Crippen molar-refractivity contribution in [2.45, 2.75) is 6.92 Å². The van der Waals surface area contributed by atoms with Crippen LogP contribution in [0.5, 0.6) is 0 Å². The molecule has 0 atom stereocenters. The Balaban J connectivity index is 1.65. The van der Waals surface area contributed by atoms with Gasteiger partial charge in [0.25, 0.3) is 5.91 Å². The van der Waals surface area contributed by atoms with E-state index in [0.717, 1.165) is 0 Å². The summed E-state index contributed by atoms with van der Waals surface area (Å²) < 4.78 is 24.4. The Morgan fingerprint density at radius 2 is 2.00 bits per heavy atom. The topological polar surface area (TPSA) is 84.7 Å². The fourth-order valence-electron chi connectivity index (χ4n) is 3.02. The van der Waals surface area contributed by atoms with Crippen LogP contribution in [0.3, 0.4) is 0 Å². The SMILES string of the molecule is Cc1onc(-c2ccccc2)c1C(=O)Nc1cc(N2CCOC2=O)ccc1F. The maximum Gasteiger partial charge on any atom is 0.414 e. The van der Waals surface area contributed by atoms with E-state index in [1.54, 1.807) is 19.1 Å². The highest BCUT2D eigenvalue weighted by atomic mass is 19.1. The molecular formula is C20H16FN3O4. The van der Waals surface area contributed by atoms with Crippen LogP contribution >= 0.6 is 0 Å². The minimum Gasteiger partial charge on any atom is -0.447 e. The van der Waals surface area contributed by atoms with E-state index in [-0.39, 0.29) is 17.9 Å². The molecule has 0 spiro atoms. The molecule has 142 valence electrons. The standard InChI is InChI=1S/C20H16FN3O4/c1-12-17(18(23-28-12)13-5-3-2-4-6-13)19(25)22-16-11-14(7-8-15(16)21)24-9-10-27-20(24)26/h2-8,11H,9-10H2,1H3,(H,22,25). The molecule has 28 heavy (non-hydrogen) atoms. The molecule has 7 nitrogen and oxygen atoms in total. The van der Waals surface area contributed by atoms with Gasteiger partial charge in [-0.25, -0.2) is 9.18 Å². The smallest absolute Gasteiger partial charge is 0.414 e. The monoisotopic (exact) mass is 381 g/mol. The van der Waals surface area contributed by atoms with Crippen molar-refractivity contribution in [2.24, 2.45) is 0 Å². The molecule has 2 amide bonds. The molecule has 0 aliphatic carbocycles. The van der Waals surface area contributed by atoms with E-state index in [1.807, 2.05) is 18.2 Å². The molecule has 0 saturated carbocycles. The lowest BCUT2D eigenvalue weighted by atomic mass is 10.1.